The van der Waals surface area contributed by atoms with Gasteiger partial charge in [-0.3, -0.25) is 0 Å². The van der Waals surface area contributed by atoms with E-state index in [2.05, 4.69) is 48.3 Å². The molecule has 0 unspecified atom stereocenters. The zero-order valence-corrected chi connectivity index (χ0v) is 6.96. The molecule has 0 nitrogen and oxygen atoms in total. The molecule has 0 aromatic heterocycles. The predicted molar refractivity (Wildman–Crippen MR) is 43.5 cm³/mol. The smallest absolute Gasteiger partial charge is 1.00 e. The fourth-order valence-electron chi connectivity index (χ4n) is 0.774. The molecular formula is C8H11Al. The van der Waals surface area contributed by atoms with E-state index in [1.165, 1.54) is 15.6 Å². The molecular weight excluding hydrogens is 123 g/mol. The Morgan fingerprint density at radius 3 is 2.44 bits per heavy atom. The van der Waals surface area contributed by atoms with Crippen LogP contribution >= 0.6 is 0 Å². The van der Waals surface area contributed by atoms with E-state index in [1.807, 2.05) is 0 Å². The van der Waals surface area contributed by atoms with Crippen molar-refractivity contribution in [1.82, 2.24) is 0 Å². The van der Waals surface area contributed by atoms with Gasteiger partial charge in [-0.15, -0.1) is 0 Å². The molecule has 0 heterocycles. The zero-order valence-electron chi connectivity index (χ0n) is 7.81. The first-order valence-electron chi connectivity index (χ1n) is 3.03. The summed E-state index contributed by atoms with van der Waals surface area (Å²) >= 11 is 2.72. The zero-order chi connectivity index (χ0) is 6.85. The minimum atomic E-state index is 0. The summed E-state index contributed by atoms with van der Waals surface area (Å²) < 4.78 is 1.30. The van der Waals surface area contributed by atoms with Gasteiger partial charge in [-0.1, -0.05) is 0 Å². The summed E-state index contributed by atoms with van der Waals surface area (Å²) in [5.74, 6) is 0. The van der Waals surface area contributed by atoms with Crippen LogP contribution in [0.2, 0.25) is 0 Å². The van der Waals surface area contributed by atoms with Crippen molar-refractivity contribution in [2.24, 2.45) is 0 Å². The van der Waals surface area contributed by atoms with Crippen LogP contribution in [0.5, 0.6) is 0 Å². The number of benzene rings is 1. The van der Waals surface area contributed by atoms with Crippen molar-refractivity contribution >= 4 is 20.7 Å². The van der Waals surface area contributed by atoms with Gasteiger partial charge in [0, 0.05) is 0 Å². The largest absolute Gasteiger partial charge is 1.00 e. The van der Waals surface area contributed by atoms with Crippen molar-refractivity contribution < 1.29 is 2.85 Å². The second kappa shape index (κ2) is 2.56. The molecule has 0 aliphatic rings. The summed E-state index contributed by atoms with van der Waals surface area (Å²) in [5, 5.41) is 0. The van der Waals surface area contributed by atoms with Crippen molar-refractivity contribution in [3.05, 3.63) is 29.3 Å². The van der Waals surface area contributed by atoms with E-state index in [-0.39, 0.29) is 2.85 Å². The fraction of sp³-hybridized carbons (Fsp3) is 0.250. The molecule has 46 valence electrons. The Morgan fingerprint density at radius 2 is 2.00 bits per heavy atom. The first-order chi connectivity index (χ1) is 4.22. The van der Waals surface area contributed by atoms with E-state index in [4.69, 9.17) is 0 Å². The molecule has 0 aliphatic carbocycles. The maximum absolute atomic E-state index is 2.72. The van der Waals surface area contributed by atoms with E-state index in [9.17, 15) is 0 Å². The fourth-order valence-corrected chi connectivity index (χ4v) is 1.11. The van der Waals surface area contributed by atoms with Crippen molar-refractivity contribution in [1.29, 1.82) is 0 Å². The van der Waals surface area contributed by atoms with Crippen molar-refractivity contribution in [2.75, 3.05) is 0 Å². The van der Waals surface area contributed by atoms with Gasteiger partial charge in [-0.25, -0.2) is 0 Å². The van der Waals surface area contributed by atoms with E-state index in [0.717, 1.165) is 0 Å². The molecule has 0 radical (unpaired) electrons. The van der Waals surface area contributed by atoms with Crippen LogP contribution in [-0.2, 0) is 0 Å². The van der Waals surface area contributed by atoms with Crippen LogP contribution in [0.4, 0.5) is 0 Å². The van der Waals surface area contributed by atoms with Gasteiger partial charge in [0.15, 0.2) is 0 Å². The second-order valence-electron chi connectivity index (χ2n) is 2.29. The van der Waals surface area contributed by atoms with Gasteiger partial charge in [0.25, 0.3) is 0 Å². The Bertz CT molecular complexity index is 203. The van der Waals surface area contributed by atoms with Gasteiger partial charge in [0.1, 0.15) is 0 Å². The van der Waals surface area contributed by atoms with E-state index >= 15 is 0 Å². The quantitative estimate of drug-likeness (QED) is 0.469. The molecule has 1 aromatic carbocycles. The Morgan fingerprint density at radius 1 is 1.33 bits per heavy atom. The maximum atomic E-state index is 2.72. The Kier molecular flexibility index (Phi) is 1.95. The summed E-state index contributed by atoms with van der Waals surface area (Å²) in [5.41, 5.74) is 2.74. The molecule has 0 spiro atoms. The van der Waals surface area contributed by atoms with Crippen molar-refractivity contribution in [2.45, 2.75) is 13.8 Å². The molecule has 0 bridgehead atoms. The van der Waals surface area contributed by atoms with Crippen molar-refractivity contribution in [3.8, 4) is 0 Å². The summed E-state index contributed by atoms with van der Waals surface area (Å²) in [7, 11) is 0. The molecule has 1 rings (SSSR count). The topological polar surface area (TPSA) is 0 Å². The van der Waals surface area contributed by atoms with Crippen LogP contribution in [0.3, 0.4) is 0 Å². The van der Waals surface area contributed by atoms with Crippen LogP contribution in [0.15, 0.2) is 18.2 Å². The van der Waals surface area contributed by atoms with Crippen LogP contribution in [-0.4, -0.2) is 16.3 Å². The standard InChI is InChI=1S/C8H9.Al.2H/c1-7-5-3-4-6-8(7)2;;;/h3-5H,1-2H3;;;/q;+2;2*-1. The molecule has 1 heteroatoms. The number of rotatable bonds is 0. The molecule has 0 aliphatic heterocycles. The molecule has 0 saturated carbocycles. The Hall–Kier alpha value is -0.248. The van der Waals surface area contributed by atoms with Crippen molar-refractivity contribution in [3.63, 3.8) is 0 Å². The van der Waals surface area contributed by atoms with Gasteiger partial charge in [0.2, 0.25) is 0 Å². The summed E-state index contributed by atoms with van der Waals surface area (Å²) in [4.78, 5) is 0. The summed E-state index contributed by atoms with van der Waals surface area (Å²) in [6.45, 7) is 4.26. The Balaban J connectivity index is 0. The van der Waals surface area contributed by atoms with Gasteiger partial charge in [0.05, 0.1) is 0 Å². The van der Waals surface area contributed by atoms with Gasteiger partial charge >= 0.3 is 63.9 Å². The van der Waals surface area contributed by atoms with Crippen LogP contribution < -0.4 is 4.43 Å². The molecule has 0 atom stereocenters. The number of hydrogen-bond acceptors (Lipinski definition) is 0. The third-order valence-corrected chi connectivity index (χ3v) is 2.27. The van der Waals surface area contributed by atoms with Gasteiger partial charge in [-0.05, 0) is 0 Å². The molecule has 0 saturated heterocycles. The monoisotopic (exact) mass is 134 g/mol. The molecule has 0 amide bonds. The average Bonchev–Trinajstić information content (AvgIpc) is 1.83. The second-order valence-corrected chi connectivity index (χ2v) is 2.91. The maximum Gasteiger partial charge on any atom is -1.00 e. The molecule has 1 aromatic rings. The third kappa shape index (κ3) is 1.36. The average molecular weight is 134 g/mol. The normalized spacial score (nSPS) is 9.78. The van der Waals surface area contributed by atoms with E-state index < -0.39 is 0 Å². The van der Waals surface area contributed by atoms with E-state index in [1.54, 1.807) is 0 Å². The summed E-state index contributed by atoms with van der Waals surface area (Å²) in [6.07, 6.45) is 0. The van der Waals surface area contributed by atoms with Crippen LogP contribution in [0.1, 0.15) is 14.0 Å². The van der Waals surface area contributed by atoms with Gasteiger partial charge < -0.3 is 2.85 Å². The molecule has 9 heavy (non-hydrogen) atoms. The summed E-state index contributed by atoms with van der Waals surface area (Å²) in [6, 6.07) is 6.31. The molecule has 0 N–H and O–H groups in total. The first-order valence-corrected chi connectivity index (χ1v) is 3.61. The minimum Gasteiger partial charge on any atom is -1.00 e. The van der Waals surface area contributed by atoms with Gasteiger partial charge in [-0.2, -0.15) is 0 Å². The van der Waals surface area contributed by atoms with Crippen LogP contribution in [0.25, 0.3) is 0 Å². The molecule has 0 fully saturated rings. The number of aryl methyl sites for hydroxylation is 1. The SMILES string of the molecule is Cc1ccc[c]([Al+2])c1C.[H-].[H-]. The van der Waals surface area contributed by atoms with Crippen LogP contribution in [0, 0.1) is 13.8 Å². The van der Waals surface area contributed by atoms with E-state index in [0.29, 0.717) is 0 Å². The third-order valence-electron chi connectivity index (χ3n) is 1.65. The Labute approximate surface area is 67.3 Å². The number of hydrogen-bond donors (Lipinski definition) is 0. The minimum absolute atomic E-state index is 0. The first kappa shape index (κ1) is 6.87. The predicted octanol–water partition coefficient (Wildman–Crippen LogP) is 1.32.